The lowest BCUT2D eigenvalue weighted by Gasteiger charge is -2.14. The maximum atomic E-state index is 12.9. The number of nitrogens with one attached hydrogen (secondary N) is 1. The van der Waals surface area contributed by atoms with E-state index in [-0.39, 0.29) is 16.7 Å². The summed E-state index contributed by atoms with van der Waals surface area (Å²) in [6.45, 7) is 2.26. The molecule has 3 amide bonds. The van der Waals surface area contributed by atoms with Gasteiger partial charge < -0.3 is 14.8 Å². The van der Waals surface area contributed by atoms with Crippen LogP contribution in [0.3, 0.4) is 0 Å². The van der Waals surface area contributed by atoms with Gasteiger partial charge >= 0.3 is 5.97 Å². The lowest BCUT2D eigenvalue weighted by atomic mass is 10.1. The van der Waals surface area contributed by atoms with Gasteiger partial charge in [0.2, 0.25) is 0 Å². The fourth-order valence-electron chi connectivity index (χ4n) is 3.32. The van der Waals surface area contributed by atoms with E-state index < -0.39 is 30.3 Å². The Kier molecular flexibility index (Phi) is 6.50. The number of thiophene rings is 1. The predicted octanol–water partition coefficient (Wildman–Crippen LogP) is 3.42. The van der Waals surface area contributed by atoms with E-state index in [1.807, 2.05) is 24.4 Å². The first kappa shape index (κ1) is 22.2. The van der Waals surface area contributed by atoms with Crippen molar-refractivity contribution in [3.63, 3.8) is 0 Å². The molecule has 1 N–H and O–H groups in total. The molecular formula is C24H20N2O6S. The first-order chi connectivity index (χ1) is 16.0. The summed E-state index contributed by atoms with van der Waals surface area (Å²) in [5, 5.41) is 4.56. The first-order valence-corrected chi connectivity index (χ1v) is 11.1. The molecular weight excluding hydrogens is 444 g/mol. The lowest BCUT2D eigenvalue weighted by Crippen LogP contribution is -2.29. The second kappa shape index (κ2) is 9.66. The highest BCUT2D eigenvalue weighted by Crippen LogP contribution is 2.30. The van der Waals surface area contributed by atoms with Crippen LogP contribution >= 0.6 is 11.3 Å². The van der Waals surface area contributed by atoms with Gasteiger partial charge in [-0.25, -0.2) is 9.69 Å². The number of esters is 1. The van der Waals surface area contributed by atoms with Crippen molar-refractivity contribution in [3.05, 3.63) is 81.5 Å². The van der Waals surface area contributed by atoms with Crippen molar-refractivity contribution in [1.82, 2.24) is 5.32 Å². The number of hydrogen-bond donors (Lipinski definition) is 1. The van der Waals surface area contributed by atoms with Crippen molar-refractivity contribution in [2.75, 3.05) is 18.1 Å². The summed E-state index contributed by atoms with van der Waals surface area (Å²) in [7, 11) is 0. The zero-order valence-corrected chi connectivity index (χ0v) is 18.5. The first-order valence-electron chi connectivity index (χ1n) is 10.2. The second-order valence-corrected chi connectivity index (χ2v) is 8.10. The largest absolute Gasteiger partial charge is 0.494 e. The number of carbonyl (C=O) groups is 4. The van der Waals surface area contributed by atoms with E-state index in [1.54, 1.807) is 24.3 Å². The molecule has 4 rings (SSSR count). The molecule has 0 saturated carbocycles. The Labute approximate surface area is 193 Å². The molecule has 2 heterocycles. The van der Waals surface area contributed by atoms with E-state index in [9.17, 15) is 19.2 Å². The standard InChI is InChI=1S/C24H20N2O6S/c1-2-31-17-8-6-16(7-9-17)26-22(28)19-10-5-15(12-20(19)23(26)29)24(30)32-14-21(27)25-13-18-4-3-11-33-18/h3-12H,2,13-14H2,1H3,(H,25,27). The summed E-state index contributed by atoms with van der Waals surface area (Å²) in [6, 6.07) is 14.5. The second-order valence-electron chi connectivity index (χ2n) is 7.07. The van der Waals surface area contributed by atoms with E-state index in [2.05, 4.69) is 5.32 Å². The van der Waals surface area contributed by atoms with Gasteiger partial charge in [-0.05, 0) is 60.8 Å². The van der Waals surface area contributed by atoms with Gasteiger partial charge in [0.25, 0.3) is 17.7 Å². The van der Waals surface area contributed by atoms with E-state index in [0.29, 0.717) is 24.6 Å². The molecule has 0 saturated heterocycles. The van der Waals surface area contributed by atoms with Crippen molar-refractivity contribution >= 4 is 40.7 Å². The molecule has 0 radical (unpaired) electrons. The topological polar surface area (TPSA) is 102 Å². The summed E-state index contributed by atoms with van der Waals surface area (Å²) in [4.78, 5) is 52.1. The molecule has 1 aliphatic heterocycles. The highest BCUT2D eigenvalue weighted by molar-refractivity contribution is 7.09. The summed E-state index contributed by atoms with van der Waals surface area (Å²) in [5.41, 5.74) is 0.773. The molecule has 8 nitrogen and oxygen atoms in total. The van der Waals surface area contributed by atoms with Gasteiger partial charge in [0.05, 0.1) is 35.5 Å². The smallest absolute Gasteiger partial charge is 0.338 e. The van der Waals surface area contributed by atoms with Crippen LogP contribution in [-0.4, -0.2) is 36.9 Å². The van der Waals surface area contributed by atoms with Crippen LogP contribution in [0.4, 0.5) is 5.69 Å². The quantitative estimate of drug-likeness (QED) is 0.405. The number of ether oxygens (including phenoxy) is 2. The fourth-order valence-corrected chi connectivity index (χ4v) is 3.97. The number of rotatable bonds is 8. The van der Waals surface area contributed by atoms with E-state index in [1.165, 1.54) is 29.5 Å². The number of amides is 3. The highest BCUT2D eigenvalue weighted by atomic mass is 32.1. The SMILES string of the molecule is CCOc1ccc(N2C(=O)c3ccc(C(=O)OCC(=O)NCc4cccs4)cc3C2=O)cc1. The van der Waals surface area contributed by atoms with Crippen LogP contribution in [0.5, 0.6) is 5.75 Å². The Hall–Kier alpha value is -3.98. The Morgan fingerprint density at radius 2 is 1.76 bits per heavy atom. The molecule has 168 valence electrons. The van der Waals surface area contributed by atoms with Gasteiger partial charge in [-0.1, -0.05) is 6.07 Å². The average molecular weight is 464 g/mol. The number of benzene rings is 2. The molecule has 1 aromatic heterocycles. The molecule has 0 unspecified atom stereocenters. The van der Waals surface area contributed by atoms with Crippen molar-refractivity contribution < 1.29 is 28.7 Å². The molecule has 0 bridgehead atoms. The molecule has 3 aromatic rings. The van der Waals surface area contributed by atoms with Crippen LogP contribution in [0.15, 0.2) is 60.0 Å². The summed E-state index contributed by atoms with van der Waals surface area (Å²) >= 11 is 1.51. The van der Waals surface area contributed by atoms with E-state index in [4.69, 9.17) is 9.47 Å². The maximum absolute atomic E-state index is 12.9. The van der Waals surface area contributed by atoms with Crippen LogP contribution in [0.25, 0.3) is 0 Å². The predicted molar refractivity (Wildman–Crippen MR) is 122 cm³/mol. The Morgan fingerprint density at radius 1 is 1.00 bits per heavy atom. The molecule has 2 aromatic carbocycles. The molecule has 0 atom stereocenters. The molecule has 33 heavy (non-hydrogen) atoms. The normalized spacial score (nSPS) is 12.5. The lowest BCUT2D eigenvalue weighted by molar-refractivity contribution is -0.124. The van der Waals surface area contributed by atoms with Crippen LogP contribution in [0.1, 0.15) is 42.9 Å². The van der Waals surface area contributed by atoms with Crippen molar-refractivity contribution in [1.29, 1.82) is 0 Å². The van der Waals surface area contributed by atoms with Gasteiger partial charge in [0, 0.05) is 4.88 Å². The summed E-state index contributed by atoms with van der Waals surface area (Å²) in [6.07, 6.45) is 0. The zero-order chi connectivity index (χ0) is 23.4. The Balaban J connectivity index is 1.41. The number of carbonyl (C=O) groups excluding carboxylic acids is 4. The molecule has 9 heteroatoms. The van der Waals surface area contributed by atoms with Crippen molar-refractivity contribution in [2.45, 2.75) is 13.5 Å². The molecule has 1 aliphatic rings. The van der Waals surface area contributed by atoms with Gasteiger partial charge in [-0.2, -0.15) is 0 Å². The van der Waals surface area contributed by atoms with E-state index in [0.717, 1.165) is 9.78 Å². The Morgan fingerprint density at radius 3 is 2.45 bits per heavy atom. The van der Waals surface area contributed by atoms with Gasteiger partial charge in [-0.15, -0.1) is 11.3 Å². The number of nitrogens with zero attached hydrogens (tertiary/aromatic N) is 1. The van der Waals surface area contributed by atoms with Crippen LogP contribution < -0.4 is 15.0 Å². The molecule has 0 spiro atoms. The van der Waals surface area contributed by atoms with Crippen molar-refractivity contribution in [3.8, 4) is 5.75 Å². The third-order valence-corrected chi connectivity index (χ3v) is 5.78. The Bertz CT molecular complexity index is 1200. The van der Waals surface area contributed by atoms with Crippen molar-refractivity contribution in [2.24, 2.45) is 0 Å². The number of imide groups is 1. The van der Waals surface area contributed by atoms with E-state index >= 15 is 0 Å². The third kappa shape index (κ3) is 4.78. The fraction of sp³-hybridized carbons (Fsp3) is 0.167. The minimum atomic E-state index is -0.760. The average Bonchev–Trinajstić information content (AvgIpc) is 3.43. The summed E-state index contributed by atoms with van der Waals surface area (Å²) in [5.74, 6) is -1.59. The van der Waals surface area contributed by atoms with Gasteiger partial charge in [-0.3, -0.25) is 14.4 Å². The molecule has 0 fully saturated rings. The minimum Gasteiger partial charge on any atom is -0.494 e. The summed E-state index contributed by atoms with van der Waals surface area (Å²) < 4.78 is 10.4. The van der Waals surface area contributed by atoms with Gasteiger partial charge in [0.15, 0.2) is 6.61 Å². The van der Waals surface area contributed by atoms with Gasteiger partial charge in [0.1, 0.15) is 5.75 Å². The van der Waals surface area contributed by atoms with Crippen LogP contribution in [0, 0.1) is 0 Å². The maximum Gasteiger partial charge on any atom is 0.338 e. The zero-order valence-electron chi connectivity index (χ0n) is 17.7. The van der Waals surface area contributed by atoms with Crippen LogP contribution in [-0.2, 0) is 16.1 Å². The number of anilines is 1. The highest BCUT2D eigenvalue weighted by Gasteiger charge is 2.37. The monoisotopic (exact) mass is 464 g/mol. The molecule has 0 aliphatic carbocycles. The number of fused-ring (bicyclic) bond motifs is 1. The van der Waals surface area contributed by atoms with Crippen LogP contribution in [0.2, 0.25) is 0 Å². The minimum absolute atomic E-state index is 0.0782. The number of hydrogen-bond acceptors (Lipinski definition) is 7. The third-order valence-electron chi connectivity index (χ3n) is 4.90.